The molecule has 3 unspecified atom stereocenters. The summed E-state index contributed by atoms with van der Waals surface area (Å²) in [6.45, 7) is 12.2. The zero-order chi connectivity index (χ0) is 9.85. The van der Waals surface area contributed by atoms with Gasteiger partial charge in [0.05, 0.1) is 0 Å². The lowest BCUT2D eigenvalue weighted by atomic mass is 9.42. The van der Waals surface area contributed by atoms with Crippen LogP contribution in [0.2, 0.25) is 0 Å². The van der Waals surface area contributed by atoms with E-state index in [2.05, 4.69) is 34.6 Å². The van der Waals surface area contributed by atoms with Gasteiger partial charge in [0.15, 0.2) is 0 Å². The molecule has 0 aromatic heterocycles. The second-order valence-corrected chi connectivity index (χ2v) is 6.91. The van der Waals surface area contributed by atoms with Crippen LogP contribution in [0.3, 0.4) is 0 Å². The van der Waals surface area contributed by atoms with Crippen LogP contribution >= 0.6 is 0 Å². The van der Waals surface area contributed by atoms with Gasteiger partial charge < -0.3 is 0 Å². The Kier molecular flexibility index (Phi) is 1.85. The van der Waals surface area contributed by atoms with Crippen molar-refractivity contribution in [2.45, 2.75) is 53.9 Å². The minimum atomic E-state index is 0.535. The van der Waals surface area contributed by atoms with Crippen molar-refractivity contribution in [2.75, 3.05) is 0 Å². The number of hydrogen-bond donors (Lipinski definition) is 0. The third-order valence-corrected chi connectivity index (χ3v) is 4.97. The first-order valence-corrected chi connectivity index (χ1v) is 5.83. The molecule has 0 spiro atoms. The van der Waals surface area contributed by atoms with E-state index in [9.17, 15) is 0 Å². The lowest BCUT2D eigenvalue weighted by Gasteiger charge is -2.62. The highest BCUT2D eigenvalue weighted by Crippen LogP contribution is 2.64. The summed E-state index contributed by atoms with van der Waals surface area (Å²) >= 11 is 0. The Morgan fingerprint density at radius 3 is 2.00 bits per heavy atom. The first kappa shape index (κ1) is 9.55. The third kappa shape index (κ3) is 1.25. The number of fused-ring (bicyclic) bond motifs is 2. The van der Waals surface area contributed by atoms with E-state index >= 15 is 0 Å². The van der Waals surface area contributed by atoms with Gasteiger partial charge >= 0.3 is 0 Å². The van der Waals surface area contributed by atoms with Crippen LogP contribution in [-0.4, -0.2) is 0 Å². The molecular formula is C13H24. The van der Waals surface area contributed by atoms with Crippen LogP contribution in [0.4, 0.5) is 0 Å². The van der Waals surface area contributed by atoms with Crippen molar-refractivity contribution < 1.29 is 0 Å². The van der Waals surface area contributed by atoms with Crippen molar-refractivity contribution in [2.24, 2.45) is 28.6 Å². The van der Waals surface area contributed by atoms with Crippen molar-refractivity contribution in [3.63, 3.8) is 0 Å². The van der Waals surface area contributed by atoms with E-state index in [0.29, 0.717) is 10.8 Å². The van der Waals surface area contributed by atoms with Gasteiger partial charge in [0.25, 0.3) is 0 Å². The molecule has 0 amide bonds. The lowest BCUT2D eigenvalue weighted by molar-refractivity contribution is -0.134. The Bertz CT molecular complexity index is 205. The molecule has 2 bridgehead atoms. The Labute approximate surface area is 83.1 Å². The van der Waals surface area contributed by atoms with Gasteiger partial charge in [-0.25, -0.2) is 0 Å². The van der Waals surface area contributed by atoms with Gasteiger partial charge in [-0.1, -0.05) is 34.6 Å². The highest BCUT2D eigenvalue weighted by Gasteiger charge is 2.56. The average molecular weight is 180 g/mol. The monoisotopic (exact) mass is 180 g/mol. The summed E-state index contributed by atoms with van der Waals surface area (Å²) in [7, 11) is 0. The van der Waals surface area contributed by atoms with E-state index in [1.54, 1.807) is 0 Å². The molecule has 0 aliphatic heterocycles. The lowest BCUT2D eigenvalue weighted by Crippen LogP contribution is -2.55. The normalized spacial score (nSPS) is 42.7. The van der Waals surface area contributed by atoms with E-state index in [-0.39, 0.29) is 0 Å². The summed E-state index contributed by atoms with van der Waals surface area (Å²) in [5.41, 5.74) is 1.20. The standard InChI is InChI=1S/C13H24/c1-12(2,3)10-7-6-9-8-11(10)13(9,4)5/h9-11H,6-8H2,1-5H3. The fourth-order valence-electron chi connectivity index (χ4n) is 3.85. The second kappa shape index (κ2) is 2.52. The molecule has 0 nitrogen and oxygen atoms in total. The molecule has 0 radical (unpaired) electrons. The van der Waals surface area contributed by atoms with Crippen molar-refractivity contribution in [1.82, 2.24) is 0 Å². The Morgan fingerprint density at radius 1 is 1.08 bits per heavy atom. The van der Waals surface area contributed by atoms with Crippen molar-refractivity contribution in [3.05, 3.63) is 0 Å². The largest absolute Gasteiger partial charge is 0.0599 e. The Hall–Kier alpha value is 0. The SMILES string of the molecule is CC(C)(C)C1CCC2CC1C2(C)C. The quantitative estimate of drug-likeness (QED) is 0.526. The van der Waals surface area contributed by atoms with Gasteiger partial charge in [-0.2, -0.15) is 0 Å². The fraction of sp³-hybridized carbons (Fsp3) is 1.00. The first-order valence-electron chi connectivity index (χ1n) is 5.83. The maximum atomic E-state index is 2.49. The molecule has 3 aliphatic carbocycles. The summed E-state index contributed by atoms with van der Waals surface area (Å²) in [6, 6.07) is 0. The van der Waals surface area contributed by atoms with Crippen LogP contribution in [0.1, 0.15) is 53.9 Å². The Morgan fingerprint density at radius 2 is 1.69 bits per heavy atom. The summed E-state index contributed by atoms with van der Waals surface area (Å²) in [5, 5.41) is 0. The van der Waals surface area contributed by atoms with Crippen LogP contribution in [0, 0.1) is 28.6 Å². The van der Waals surface area contributed by atoms with E-state index in [1.807, 2.05) is 0 Å². The highest BCUT2D eigenvalue weighted by atomic mass is 14.6. The molecule has 3 rings (SSSR count). The molecule has 0 aromatic carbocycles. The third-order valence-electron chi connectivity index (χ3n) is 4.97. The van der Waals surface area contributed by atoms with E-state index in [0.717, 1.165) is 17.8 Å². The van der Waals surface area contributed by atoms with Gasteiger partial charge in [0.1, 0.15) is 0 Å². The molecular weight excluding hydrogens is 156 g/mol. The molecule has 3 fully saturated rings. The predicted octanol–water partition coefficient (Wildman–Crippen LogP) is 4.10. The van der Waals surface area contributed by atoms with Gasteiger partial charge in [0, 0.05) is 0 Å². The number of hydrogen-bond acceptors (Lipinski definition) is 0. The van der Waals surface area contributed by atoms with Gasteiger partial charge in [-0.05, 0) is 47.8 Å². The van der Waals surface area contributed by atoms with Crippen LogP contribution in [-0.2, 0) is 0 Å². The zero-order valence-electron chi connectivity index (χ0n) is 9.85. The maximum absolute atomic E-state index is 2.49. The fourth-order valence-corrected chi connectivity index (χ4v) is 3.85. The number of rotatable bonds is 0. The van der Waals surface area contributed by atoms with Crippen molar-refractivity contribution in [3.8, 4) is 0 Å². The molecule has 13 heavy (non-hydrogen) atoms. The molecule has 3 atom stereocenters. The summed E-state index contributed by atoms with van der Waals surface area (Å²) in [5.74, 6) is 3.05. The summed E-state index contributed by atoms with van der Waals surface area (Å²) in [6.07, 6.45) is 4.50. The average Bonchev–Trinajstić information content (AvgIpc) is 2.02. The molecule has 0 N–H and O–H groups in total. The first-order chi connectivity index (χ1) is 5.83. The van der Waals surface area contributed by atoms with Crippen molar-refractivity contribution in [1.29, 1.82) is 0 Å². The second-order valence-electron chi connectivity index (χ2n) is 6.91. The predicted molar refractivity (Wildman–Crippen MR) is 57.6 cm³/mol. The molecule has 0 aromatic rings. The van der Waals surface area contributed by atoms with Crippen LogP contribution in [0.5, 0.6) is 0 Å². The van der Waals surface area contributed by atoms with Gasteiger partial charge in [0.2, 0.25) is 0 Å². The minimum absolute atomic E-state index is 0.535. The van der Waals surface area contributed by atoms with Crippen LogP contribution in [0.15, 0.2) is 0 Å². The molecule has 0 heterocycles. The smallest absolute Gasteiger partial charge is 0.0295 e. The maximum Gasteiger partial charge on any atom is -0.0295 e. The van der Waals surface area contributed by atoms with Gasteiger partial charge in [-0.3, -0.25) is 0 Å². The molecule has 3 saturated carbocycles. The van der Waals surface area contributed by atoms with E-state index in [4.69, 9.17) is 0 Å². The molecule has 3 aliphatic rings. The Balaban J connectivity index is 2.16. The van der Waals surface area contributed by atoms with E-state index in [1.165, 1.54) is 19.3 Å². The molecule has 0 saturated heterocycles. The van der Waals surface area contributed by atoms with Crippen molar-refractivity contribution >= 4 is 0 Å². The van der Waals surface area contributed by atoms with Crippen LogP contribution in [0.25, 0.3) is 0 Å². The van der Waals surface area contributed by atoms with Crippen LogP contribution < -0.4 is 0 Å². The van der Waals surface area contributed by atoms with E-state index < -0.39 is 0 Å². The minimum Gasteiger partial charge on any atom is -0.0599 e. The van der Waals surface area contributed by atoms with Gasteiger partial charge in [-0.15, -0.1) is 0 Å². The topological polar surface area (TPSA) is 0 Å². The molecule has 76 valence electrons. The highest BCUT2D eigenvalue weighted by molar-refractivity contribution is 5.05. The summed E-state index contributed by atoms with van der Waals surface area (Å²) < 4.78 is 0. The zero-order valence-corrected chi connectivity index (χ0v) is 9.85. The molecule has 0 heteroatoms. The summed E-state index contributed by atoms with van der Waals surface area (Å²) in [4.78, 5) is 0.